The molecule has 7 heteroatoms. The van der Waals surface area contributed by atoms with Crippen molar-refractivity contribution in [1.29, 1.82) is 0 Å². The number of carbonyl (C=O) groups excluding carboxylic acids is 1. The van der Waals surface area contributed by atoms with Crippen molar-refractivity contribution in [1.82, 2.24) is 15.3 Å². The SMILES string of the molecule is O=C(Nc1nccs1)c1csc(C2CCNCC2)n1. The van der Waals surface area contributed by atoms with Crippen LogP contribution >= 0.6 is 22.7 Å². The number of piperidine rings is 1. The first kappa shape index (κ1) is 12.7. The van der Waals surface area contributed by atoms with Gasteiger partial charge >= 0.3 is 0 Å². The third-order valence-corrected chi connectivity index (χ3v) is 4.79. The highest BCUT2D eigenvalue weighted by atomic mass is 32.1. The smallest absolute Gasteiger partial charge is 0.276 e. The average molecular weight is 294 g/mol. The van der Waals surface area contributed by atoms with Crippen molar-refractivity contribution in [3.8, 4) is 0 Å². The van der Waals surface area contributed by atoms with Crippen LogP contribution in [0.15, 0.2) is 17.0 Å². The Labute approximate surface area is 119 Å². The van der Waals surface area contributed by atoms with E-state index >= 15 is 0 Å². The number of amides is 1. The lowest BCUT2D eigenvalue weighted by Gasteiger charge is -2.20. The third-order valence-electron chi connectivity index (χ3n) is 3.10. The predicted molar refractivity (Wildman–Crippen MR) is 77.0 cm³/mol. The van der Waals surface area contributed by atoms with Crippen LogP contribution in [-0.2, 0) is 0 Å². The van der Waals surface area contributed by atoms with E-state index in [0.29, 0.717) is 16.7 Å². The van der Waals surface area contributed by atoms with Gasteiger partial charge in [-0.25, -0.2) is 9.97 Å². The fourth-order valence-corrected chi connectivity index (χ4v) is 3.59. The molecule has 1 saturated heterocycles. The Balaban J connectivity index is 1.68. The van der Waals surface area contributed by atoms with Gasteiger partial charge in [0.1, 0.15) is 5.69 Å². The van der Waals surface area contributed by atoms with Gasteiger partial charge in [-0.2, -0.15) is 0 Å². The van der Waals surface area contributed by atoms with E-state index in [0.717, 1.165) is 30.9 Å². The zero-order valence-corrected chi connectivity index (χ0v) is 11.9. The number of hydrogen-bond acceptors (Lipinski definition) is 6. The van der Waals surface area contributed by atoms with E-state index in [1.165, 1.54) is 11.3 Å². The van der Waals surface area contributed by atoms with Crippen LogP contribution in [0.25, 0.3) is 0 Å². The highest BCUT2D eigenvalue weighted by Crippen LogP contribution is 2.28. The minimum absolute atomic E-state index is 0.175. The number of aromatic nitrogens is 2. The Morgan fingerprint density at radius 1 is 1.37 bits per heavy atom. The molecule has 0 atom stereocenters. The normalized spacial score (nSPS) is 16.4. The first-order valence-electron chi connectivity index (χ1n) is 6.20. The largest absolute Gasteiger partial charge is 0.317 e. The van der Waals surface area contributed by atoms with Crippen LogP contribution in [-0.4, -0.2) is 29.0 Å². The maximum Gasteiger partial charge on any atom is 0.276 e. The second kappa shape index (κ2) is 5.77. The topological polar surface area (TPSA) is 66.9 Å². The quantitative estimate of drug-likeness (QED) is 0.911. The predicted octanol–water partition coefficient (Wildman–Crippen LogP) is 2.32. The van der Waals surface area contributed by atoms with E-state index in [2.05, 4.69) is 20.6 Å². The molecule has 3 rings (SSSR count). The van der Waals surface area contributed by atoms with E-state index in [4.69, 9.17) is 0 Å². The molecule has 0 aromatic carbocycles. The summed E-state index contributed by atoms with van der Waals surface area (Å²) < 4.78 is 0. The van der Waals surface area contributed by atoms with Crippen LogP contribution in [0.4, 0.5) is 5.13 Å². The Kier molecular flexibility index (Phi) is 3.86. The standard InChI is InChI=1S/C12H14N4OS2/c17-10(16-12-14-5-6-18-12)9-7-19-11(15-9)8-1-3-13-4-2-8/h5-8,13H,1-4H2,(H,14,16,17). The van der Waals surface area contributed by atoms with Crippen molar-refractivity contribution in [2.75, 3.05) is 18.4 Å². The Hall–Kier alpha value is -1.31. The summed E-state index contributed by atoms with van der Waals surface area (Å²) in [7, 11) is 0. The maximum atomic E-state index is 12.0. The number of nitrogens with zero attached hydrogens (tertiary/aromatic N) is 2. The van der Waals surface area contributed by atoms with Gasteiger partial charge in [-0.05, 0) is 25.9 Å². The average Bonchev–Trinajstić information content (AvgIpc) is 3.10. The summed E-state index contributed by atoms with van der Waals surface area (Å²) in [5, 5.41) is 11.4. The van der Waals surface area contributed by atoms with Crippen LogP contribution in [0.5, 0.6) is 0 Å². The molecular formula is C12H14N4OS2. The number of nitrogens with one attached hydrogen (secondary N) is 2. The van der Waals surface area contributed by atoms with Crippen molar-refractivity contribution in [2.24, 2.45) is 0 Å². The van der Waals surface area contributed by atoms with E-state index in [-0.39, 0.29) is 5.91 Å². The summed E-state index contributed by atoms with van der Waals surface area (Å²) in [6, 6.07) is 0. The lowest BCUT2D eigenvalue weighted by Crippen LogP contribution is -2.26. The second-order valence-corrected chi connectivity index (χ2v) is 6.17. The lowest BCUT2D eigenvalue weighted by atomic mass is 9.99. The summed E-state index contributed by atoms with van der Waals surface area (Å²) in [6.07, 6.45) is 3.86. The summed E-state index contributed by atoms with van der Waals surface area (Å²) in [6.45, 7) is 2.07. The third kappa shape index (κ3) is 2.99. The molecule has 0 saturated carbocycles. The zero-order valence-electron chi connectivity index (χ0n) is 10.3. The molecule has 0 radical (unpaired) electrons. The molecule has 100 valence electrons. The van der Waals surface area contributed by atoms with Gasteiger partial charge in [-0.3, -0.25) is 10.1 Å². The molecule has 19 heavy (non-hydrogen) atoms. The Bertz CT molecular complexity index is 546. The molecule has 1 fully saturated rings. The molecule has 2 aromatic rings. The van der Waals surface area contributed by atoms with Gasteiger partial charge in [0.15, 0.2) is 5.13 Å². The maximum absolute atomic E-state index is 12.0. The molecule has 2 N–H and O–H groups in total. The van der Waals surface area contributed by atoms with Gasteiger partial charge in [0, 0.05) is 22.9 Å². The monoisotopic (exact) mass is 294 g/mol. The first-order valence-corrected chi connectivity index (χ1v) is 7.96. The minimum atomic E-state index is -0.175. The van der Waals surface area contributed by atoms with Gasteiger partial charge < -0.3 is 5.32 Å². The number of anilines is 1. The van der Waals surface area contributed by atoms with Crippen molar-refractivity contribution >= 4 is 33.7 Å². The number of thiazole rings is 2. The van der Waals surface area contributed by atoms with Crippen LogP contribution < -0.4 is 10.6 Å². The molecule has 0 spiro atoms. The minimum Gasteiger partial charge on any atom is -0.317 e. The molecule has 3 heterocycles. The first-order chi connectivity index (χ1) is 9.33. The van der Waals surface area contributed by atoms with E-state index in [9.17, 15) is 4.79 Å². The van der Waals surface area contributed by atoms with Crippen LogP contribution in [0.1, 0.15) is 34.3 Å². The molecule has 2 aromatic heterocycles. The molecule has 0 bridgehead atoms. The van der Waals surface area contributed by atoms with Gasteiger partial charge in [-0.15, -0.1) is 22.7 Å². The Morgan fingerprint density at radius 2 is 2.21 bits per heavy atom. The molecule has 5 nitrogen and oxygen atoms in total. The molecular weight excluding hydrogens is 280 g/mol. The summed E-state index contributed by atoms with van der Waals surface area (Å²) >= 11 is 2.99. The Morgan fingerprint density at radius 3 is 2.95 bits per heavy atom. The van der Waals surface area contributed by atoms with Crippen LogP contribution in [0, 0.1) is 0 Å². The van der Waals surface area contributed by atoms with Crippen molar-refractivity contribution in [3.63, 3.8) is 0 Å². The second-order valence-electron chi connectivity index (χ2n) is 4.39. The lowest BCUT2D eigenvalue weighted by molar-refractivity contribution is 0.102. The summed E-state index contributed by atoms with van der Waals surface area (Å²) in [4.78, 5) is 20.5. The van der Waals surface area contributed by atoms with Gasteiger partial charge in [0.2, 0.25) is 0 Å². The van der Waals surface area contributed by atoms with Crippen molar-refractivity contribution in [3.05, 3.63) is 27.7 Å². The fraction of sp³-hybridized carbons (Fsp3) is 0.417. The molecule has 0 unspecified atom stereocenters. The highest BCUT2D eigenvalue weighted by Gasteiger charge is 2.20. The number of carbonyl (C=O) groups is 1. The summed E-state index contributed by atoms with van der Waals surface area (Å²) in [5.74, 6) is 0.319. The van der Waals surface area contributed by atoms with E-state index in [1.54, 1.807) is 17.5 Å². The van der Waals surface area contributed by atoms with Gasteiger partial charge in [0.05, 0.1) is 5.01 Å². The summed E-state index contributed by atoms with van der Waals surface area (Å²) in [5.41, 5.74) is 0.494. The molecule has 0 aliphatic carbocycles. The van der Waals surface area contributed by atoms with E-state index in [1.807, 2.05) is 10.8 Å². The zero-order chi connectivity index (χ0) is 13.1. The number of rotatable bonds is 3. The van der Waals surface area contributed by atoms with Crippen molar-refractivity contribution < 1.29 is 4.79 Å². The van der Waals surface area contributed by atoms with Crippen molar-refractivity contribution in [2.45, 2.75) is 18.8 Å². The molecule has 1 aliphatic rings. The number of hydrogen-bond donors (Lipinski definition) is 2. The van der Waals surface area contributed by atoms with Gasteiger partial charge in [0.25, 0.3) is 5.91 Å². The molecule has 1 amide bonds. The fourth-order valence-electron chi connectivity index (χ4n) is 2.09. The molecule has 1 aliphatic heterocycles. The van der Waals surface area contributed by atoms with Gasteiger partial charge in [-0.1, -0.05) is 0 Å². The van der Waals surface area contributed by atoms with E-state index < -0.39 is 0 Å². The van der Waals surface area contributed by atoms with Crippen LogP contribution in [0.2, 0.25) is 0 Å². The van der Waals surface area contributed by atoms with Crippen LogP contribution in [0.3, 0.4) is 0 Å². The highest BCUT2D eigenvalue weighted by molar-refractivity contribution is 7.13.